The number of methoxy groups -OCH3 is 2. The summed E-state index contributed by atoms with van der Waals surface area (Å²) in [4.78, 5) is 25.6. The number of nitrogens with zero attached hydrogens (tertiary/aromatic N) is 6. The normalized spacial score (nSPS) is 13.6. The first kappa shape index (κ1) is 23.4. The van der Waals surface area contributed by atoms with Gasteiger partial charge in [0.25, 0.3) is 5.78 Å². The van der Waals surface area contributed by atoms with Crippen molar-refractivity contribution in [3.8, 4) is 22.6 Å². The second-order valence-electron chi connectivity index (χ2n) is 8.50. The Hall–Kier alpha value is -4.34. The highest BCUT2D eigenvalue weighted by Crippen LogP contribution is 2.32. The molecule has 10 heteroatoms. The van der Waals surface area contributed by atoms with Gasteiger partial charge in [-0.05, 0) is 41.8 Å². The number of anilines is 1. The number of aromatic nitrogens is 4. The first-order valence-electron chi connectivity index (χ1n) is 11.9. The van der Waals surface area contributed by atoms with Gasteiger partial charge in [-0.25, -0.2) is 9.78 Å². The van der Waals surface area contributed by atoms with Gasteiger partial charge < -0.3 is 24.6 Å². The number of piperazine rings is 1. The van der Waals surface area contributed by atoms with E-state index in [9.17, 15) is 4.79 Å². The Balaban J connectivity index is 1.24. The number of carbonyl (C=O) groups excluding carboxylic acids is 1. The fourth-order valence-corrected chi connectivity index (χ4v) is 4.38. The van der Waals surface area contributed by atoms with Gasteiger partial charge in [-0.3, -0.25) is 0 Å². The first-order chi connectivity index (χ1) is 17.7. The van der Waals surface area contributed by atoms with E-state index in [1.54, 1.807) is 18.7 Å². The fraction of sp³-hybridized carbons (Fsp3) is 0.308. The Kier molecular flexibility index (Phi) is 6.83. The Morgan fingerprint density at radius 1 is 0.917 bits per heavy atom. The van der Waals surface area contributed by atoms with Crippen molar-refractivity contribution in [2.45, 2.75) is 6.42 Å². The van der Waals surface area contributed by atoms with E-state index in [-0.39, 0.29) is 6.03 Å². The summed E-state index contributed by atoms with van der Waals surface area (Å²) in [5.41, 5.74) is 3.11. The Morgan fingerprint density at radius 2 is 1.58 bits per heavy atom. The topological polar surface area (TPSA) is 97.1 Å². The number of amides is 2. The molecule has 0 radical (unpaired) electrons. The Labute approximate surface area is 209 Å². The number of hydrogen-bond donors (Lipinski definition) is 1. The zero-order valence-corrected chi connectivity index (χ0v) is 20.4. The lowest BCUT2D eigenvalue weighted by atomic mass is 10.1. The number of fused-ring (bicyclic) bond motifs is 1. The van der Waals surface area contributed by atoms with Gasteiger partial charge in [0, 0.05) is 44.5 Å². The monoisotopic (exact) mass is 487 g/mol. The predicted molar refractivity (Wildman–Crippen MR) is 137 cm³/mol. The van der Waals surface area contributed by atoms with Crippen LogP contribution in [0.15, 0.2) is 61.1 Å². The smallest absolute Gasteiger partial charge is 0.317 e. The molecule has 0 spiro atoms. The second kappa shape index (κ2) is 10.5. The molecule has 0 saturated carbocycles. The number of carbonyl (C=O) groups is 1. The minimum Gasteiger partial charge on any atom is -0.497 e. The van der Waals surface area contributed by atoms with E-state index in [1.165, 1.54) is 6.33 Å². The van der Waals surface area contributed by atoms with Gasteiger partial charge >= 0.3 is 6.03 Å². The van der Waals surface area contributed by atoms with E-state index in [2.05, 4.69) is 25.3 Å². The molecule has 1 saturated heterocycles. The van der Waals surface area contributed by atoms with E-state index in [1.807, 2.05) is 59.6 Å². The third-order valence-electron chi connectivity index (χ3n) is 6.40. The highest BCUT2D eigenvalue weighted by atomic mass is 16.5. The van der Waals surface area contributed by atoms with Crippen LogP contribution < -0.4 is 19.7 Å². The summed E-state index contributed by atoms with van der Waals surface area (Å²) >= 11 is 0. The van der Waals surface area contributed by atoms with Crippen molar-refractivity contribution in [3.05, 3.63) is 66.6 Å². The van der Waals surface area contributed by atoms with Gasteiger partial charge in [-0.1, -0.05) is 24.3 Å². The molecule has 2 aromatic heterocycles. The van der Waals surface area contributed by atoms with Crippen LogP contribution >= 0.6 is 0 Å². The van der Waals surface area contributed by atoms with Crippen LogP contribution in [0.4, 0.5) is 10.6 Å². The molecule has 2 amide bonds. The molecule has 2 aromatic carbocycles. The summed E-state index contributed by atoms with van der Waals surface area (Å²) in [6.45, 7) is 3.14. The van der Waals surface area contributed by atoms with E-state index >= 15 is 0 Å². The third kappa shape index (κ3) is 4.88. The minimum absolute atomic E-state index is 0.0424. The van der Waals surface area contributed by atoms with Crippen LogP contribution in [0.3, 0.4) is 0 Å². The molecule has 4 aromatic rings. The van der Waals surface area contributed by atoms with E-state index in [0.717, 1.165) is 40.4 Å². The molecule has 1 aliphatic rings. The molecule has 36 heavy (non-hydrogen) atoms. The van der Waals surface area contributed by atoms with Gasteiger partial charge in [0.2, 0.25) is 0 Å². The highest BCUT2D eigenvalue weighted by molar-refractivity contribution is 5.78. The summed E-state index contributed by atoms with van der Waals surface area (Å²) in [6.07, 6.45) is 4.11. The molecule has 0 unspecified atom stereocenters. The zero-order chi connectivity index (χ0) is 24.9. The molecule has 0 aliphatic carbocycles. The summed E-state index contributed by atoms with van der Waals surface area (Å²) in [7, 11) is 3.30. The minimum atomic E-state index is -0.0424. The average Bonchev–Trinajstić information content (AvgIpc) is 3.42. The van der Waals surface area contributed by atoms with E-state index in [0.29, 0.717) is 38.5 Å². The molecule has 186 valence electrons. The largest absolute Gasteiger partial charge is 0.497 e. The van der Waals surface area contributed by atoms with Gasteiger partial charge in [0.15, 0.2) is 0 Å². The SMILES string of the molecule is COc1ccc(CCNC(=O)N2CCN(c3c(-c4ccc(OC)cc4)cnc4ncnn34)CC2)cc1. The van der Waals surface area contributed by atoms with Crippen LogP contribution in [0.1, 0.15) is 5.56 Å². The summed E-state index contributed by atoms with van der Waals surface area (Å²) in [6, 6.07) is 15.7. The highest BCUT2D eigenvalue weighted by Gasteiger charge is 2.25. The zero-order valence-electron chi connectivity index (χ0n) is 20.4. The maximum Gasteiger partial charge on any atom is 0.317 e. The number of hydrogen-bond acceptors (Lipinski definition) is 7. The fourth-order valence-electron chi connectivity index (χ4n) is 4.38. The number of ether oxygens (including phenoxy) is 2. The molecular weight excluding hydrogens is 458 g/mol. The number of rotatable bonds is 7. The Bertz CT molecular complexity index is 1310. The molecule has 0 bridgehead atoms. The standard InChI is InChI=1S/C26H29N7O3/c1-35-21-7-3-19(4-8-21)11-12-27-26(34)32-15-13-31(14-16-32)24-23(17-28-25-29-18-30-33(24)25)20-5-9-22(36-2)10-6-20/h3-10,17-18H,11-16H2,1-2H3,(H,27,34). The predicted octanol–water partition coefficient (Wildman–Crippen LogP) is 2.88. The second-order valence-corrected chi connectivity index (χ2v) is 8.50. The van der Waals surface area contributed by atoms with Gasteiger partial charge in [-0.2, -0.15) is 14.6 Å². The maximum atomic E-state index is 12.8. The van der Waals surface area contributed by atoms with Crippen molar-refractivity contribution >= 4 is 17.6 Å². The molecule has 1 aliphatic heterocycles. The summed E-state index contributed by atoms with van der Waals surface area (Å²) in [5, 5.41) is 7.47. The van der Waals surface area contributed by atoms with Crippen molar-refractivity contribution in [3.63, 3.8) is 0 Å². The number of nitrogens with one attached hydrogen (secondary N) is 1. The van der Waals surface area contributed by atoms with Crippen LogP contribution in [0.25, 0.3) is 16.9 Å². The van der Waals surface area contributed by atoms with Crippen LogP contribution in [0.5, 0.6) is 11.5 Å². The van der Waals surface area contributed by atoms with E-state index < -0.39 is 0 Å². The molecule has 1 fully saturated rings. The number of urea groups is 1. The van der Waals surface area contributed by atoms with Gasteiger partial charge in [0.05, 0.1) is 14.2 Å². The number of benzene rings is 2. The van der Waals surface area contributed by atoms with Crippen molar-refractivity contribution in [2.24, 2.45) is 0 Å². The van der Waals surface area contributed by atoms with Crippen LogP contribution in [0.2, 0.25) is 0 Å². The lowest BCUT2D eigenvalue weighted by Gasteiger charge is -2.36. The molecule has 0 atom stereocenters. The summed E-state index contributed by atoms with van der Waals surface area (Å²) < 4.78 is 12.3. The van der Waals surface area contributed by atoms with Crippen molar-refractivity contribution in [2.75, 3.05) is 51.8 Å². The Morgan fingerprint density at radius 3 is 2.25 bits per heavy atom. The maximum absolute atomic E-state index is 12.8. The van der Waals surface area contributed by atoms with Crippen LogP contribution in [-0.2, 0) is 6.42 Å². The van der Waals surface area contributed by atoms with Crippen molar-refractivity contribution < 1.29 is 14.3 Å². The lowest BCUT2D eigenvalue weighted by Crippen LogP contribution is -2.52. The molecular formula is C26H29N7O3. The van der Waals surface area contributed by atoms with Crippen molar-refractivity contribution in [1.29, 1.82) is 0 Å². The lowest BCUT2D eigenvalue weighted by molar-refractivity contribution is 0.194. The molecule has 3 heterocycles. The molecule has 5 rings (SSSR count). The quantitative estimate of drug-likeness (QED) is 0.428. The average molecular weight is 488 g/mol. The van der Waals surface area contributed by atoms with Crippen LogP contribution in [-0.4, -0.2) is 77.5 Å². The molecule has 10 nitrogen and oxygen atoms in total. The first-order valence-corrected chi connectivity index (χ1v) is 11.9. The van der Waals surface area contributed by atoms with Crippen molar-refractivity contribution in [1.82, 2.24) is 29.8 Å². The summed E-state index contributed by atoms with van der Waals surface area (Å²) in [5.74, 6) is 3.08. The third-order valence-corrected chi connectivity index (χ3v) is 6.40. The van der Waals surface area contributed by atoms with E-state index in [4.69, 9.17) is 9.47 Å². The van der Waals surface area contributed by atoms with Crippen LogP contribution in [0, 0.1) is 0 Å². The van der Waals surface area contributed by atoms with Gasteiger partial charge in [-0.15, -0.1) is 0 Å². The molecule has 1 N–H and O–H groups in total. The van der Waals surface area contributed by atoms with Gasteiger partial charge in [0.1, 0.15) is 23.6 Å².